The second kappa shape index (κ2) is 5.05. The van der Waals surface area contributed by atoms with Crippen LogP contribution in [0.5, 0.6) is 0 Å². The highest BCUT2D eigenvalue weighted by atomic mass is 32.2. The van der Waals surface area contributed by atoms with Gasteiger partial charge in [-0.1, -0.05) is 0 Å². The van der Waals surface area contributed by atoms with E-state index >= 15 is 0 Å². The summed E-state index contributed by atoms with van der Waals surface area (Å²) in [5.41, 5.74) is 1.11. The lowest BCUT2D eigenvalue weighted by Crippen LogP contribution is -2.32. The van der Waals surface area contributed by atoms with Gasteiger partial charge in [0.05, 0.1) is 11.0 Å². The maximum atomic E-state index is 11.7. The fourth-order valence-corrected chi connectivity index (χ4v) is 4.36. The van der Waals surface area contributed by atoms with Gasteiger partial charge in [-0.25, -0.2) is 8.42 Å². The standard InChI is InChI=1S/C13H21NO3S/c1-9-7-13(11(3)17-9)10(2)14-8-12-5-4-6-18(12,15)16/h7,10,12,14H,4-6,8H2,1-3H3. The lowest BCUT2D eigenvalue weighted by Gasteiger charge is -2.16. The zero-order valence-electron chi connectivity index (χ0n) is 11.2. The van der Waals surface area contributed by atoms with Crippen LogP contribution in [0.4, 0.5) is 0 Å². The number of hydrogen-bond acceptors (Lipinski definition) is 4. The molecule has 0 bridgehead atoms. The van der Waals surface area contributed by atoms with Crippen molar-refractivity contribution in [3.63, 3.8) is 0 Å². The van der Waals surface area contributed by atoms with E-state index in [4.69, 9.17) is 4.42 Å². The number of furan rings is 1. The van der Waals surface area contributed by atoms with Gasteiger partial charge in [-0.2, -0.15) is 0 Å². The maximum Gasteiger partial charge on any atom is 0.154 e. The van der Waals surface area contributed by atoms with Gasteiger partial charge in [0.1, 0.15) is 11.5 Å². The lowest BCUT2D eigenvalue weighted by atomic mass is 10.1. The van der Waals surface area contributed by atoms with Crippen LogP contribution in [0.1, 0.15) is 42.9 Å². The summed E-state index contributed by atoms with van der Waals surface area (Å²) in [7, 11) is -2.86. The highest BCUT2D eigenvalue weighted by Gasteiger charge is 2.31. The van der Waals surface area contributed by atoms with Crippen molar-refractivity contribution in [1.29, 1.82) is 0 Å². The molecule has 0 aliphatic carbocycles. The van der Waals surface area contributed by atoms with Crippen LogP contribution in [-0.2, 0) is 9.84 Å². The predicted octanol–water partition coefficient (Wildman–Crippen LogP) is 2.12. The normalized spacial score (nSPS) is 24.3. The van der Waals surface area contributed by atoms with Gasteiger partial charge in [0.25, 0.3) is 0 Å². The van der Waals surface area contributed by atoms with Gasteiger partial charge in [-0.3, -0.25) is 0 Å². The van der Waals surface area contributed by atoms with Crippen molar-refractivity contribution in [3.8, 4) is 0 Å². The summed E-state index contributed by atoms with van der Waals surface area (Å²) >= 11 is 0. The molecule has 1 aliphatic heterocycles. The molecule has 0 spiro atoms. The Hall–Kier alpha value is -0.810. The Morgan fingerprint density at radius 1 is 1.50 bits per heavy atom. The molecule has 2 unspecified atom stereocenters. The van der Waals surface area contributed by atoms with Gasteiger partial charge < -0.3 is 9.73 Å². The third-order valence-corrected chi connectivity index (χ3v) is 5.94. The average Bonchev–Trinajstić information content (AvgIpc) is 2.78. The average molecular weight is 271 g/mol. The van der Waals surface area contributed by atoms with Crippen molar-refractivity contribution in [2.24, 2.45) is 0 Å². The van der Waals surface area contributed by atoms with E-state index in [0.29, 0.717) is 12.3 Å². The van der Waals surface area contributed by atoms with Crippen LogP contribution in [0.25, 0.3) is 0 Å². The maximum absolute atomic E-state index is 11.7. The highest BCUT2D eigenvalue weighted by Crippen LogP contribution is 2.23. The van der Waals surface area contributed by atoms with Gasteiger partial charge in [0.15, 0.2) is 9.84 Å². The van der Waals surface area contributed by atoms with Crippen molar-refractivity contribution in [3.05, 3.63) is 23.2 Å². The Morgan fingerprint density at radius 2 is 2.22 bits per heavy atom. The van der Waals surface area contributed by atoms with E-state index in [1.54, 1.807) is 0 Å². The van der Waals surface area contributed by atoms with Crippen LogP contribution in [0.3, 0.4) is 0 Å². The molecule has 4 nitrogen and oxygen atoms in total. The predicted molar refractivity (Wildman–Crippen MR) is 71.4 cm³/mol. The minimum atomic E-state index is -2.86. The zero-order valence-corrected chi connectivity index (χ0v) is 12.0. The van der Waals surface area contributed by atoms with Crippen LogP contribution in [-0.4, -0.2) is 26.0 Å². The Bertz CT molecular complexity index is 518. The summed E-state index contributed by atoms with van der Waals surface area (Å²) in [6.07, 6.45) is 1.58. The van der Waals surface area contributed by atoms with Crippen LogP contribution >= 0.6 is 0 Å². The van der Waals surface area contributed by atoms with E-state index in [2.05, 4.69) is 5.32 Å². The molecule has 0 aromatic carbocycles. The Balaban J connectivity index is 1.96. The molecule has 0 saturated carbocycles. The van der Waals surface area contributed by atoms with Gasteiger partial charge in [-0.15, -0.1) is 0 Å². The van der Waals surface area contributed by atoms with Crippen molar-refractivity contribution < 1.29 is 12.8 Å². The first-order valence-corrected chi connectivity index (χ1v) is 8.13. The van der Waals surface area contributed by atoms with E-state index in [1.165, 1.54) is 0 Å². The molecule has 2 rings (SSSR count). The number of hydrogen-bond donors (Lipinski definition) is 1. The van der Waals surface area contributed by atoms with Crippen molar-refractivity contribution >= 4 is 9.84 Å². The molecule has 1 aromatic heterocycles. The van der Waals surface area contributed by atoms with E-state index in [1.807, 2.05) is 26.8 Å². The first-order chi connectivity index (χ1) is 8.40. The molecule has 2 atom stereocenters. The fraction of sp³-hybridized carbons (Fsp3) is 0.692. The smallest absolute Gasteiger partial charge is 0.154 e. The number of aryl methyl sites for hydroxylation is 2. The van der Waals surface area contributed by atoms with Gasteiger partial charge in [-0.05, 0) is 39.7 Å². The van der Waals surface area contributed by atoms with Crippen LogP contribution in [0.15, 0.2) is 10.5 Å². The molecular weight excluding hydrogens is 250 g/mol. The molecule has 1 N–H and O–H groups in total. The van der Waals surface area contributed by atoms with Gasteiger partial charge in [0.2, 0.25) is 0 Å². The highest BCUT2D eigenvalue weighted by molar-refractivity contribution is 7.92. The lowest BCUT2D eigenvalue weighted by molar-refractivity contribution is 0.487. The summed E-state index contributed by atoms with van der Waals surface area (Å²) in [4.78, 5) is 0. The van der Waals surface area contributed by atoms with Crippen LogP contribution in [0.2, 0.25) is 0 Å². The van der Waals surface area contributed by atoms with E-state index in [-0.39, 0.29) is 11.3 Å². The molecule has 2 heterocycles. The molecule has 18 heavy (non-hydrogen) atoms. The van der Waals surface area contributed by atoms with Crippen molar-refractivity contribution in [2.75, 3.05) is 12.3 Å². The molecule has 5 heteroatoms. The van der Waals surface area contributed by atoms with Crippen LogP contribution < -0.4 is 5.32 Å². The van der Waals surface area contributed by atoms with Crippen molar-refractivity contribution in [2.45, 2.75) is 44.9 Å². The molecule has 1 saturated heterocycles. The Kier molecular flexibility index (Phi) is 3.82. The Morgan fingerprint density at radius 3 is 2.72 bits per heavy atom. The third-order valence-electron chi connectivity index (χ3n) is 3.66. The first-order valence-electron chi connectivity index (χ1n) is 6.42. The number of sulfone groups is 1. The monoisotopic (exact) mass is 271 g/mol. The summed E-state index contributed by atoms with van der Waals surface area (Å²) in [5, 5.41) is 3.10. The third kappa shape index (κ3) is 2.78. The van der Waals surface area contributed by atoms with Crippen LogP contribution in [0, 0.1) is 13.8 Å². The largest absolute Gasteiger partial charge is 0.466 e. The van der Waals surface area contributed by atoms with Crippen molar-refractivity contribution in [1.82, 2.24) is 5.32 Å². The SMILES string of the molecule is Cc1cc(C(C)NCC2CCCS2(=O)=O)c(C)o1. The zero-order chi connectivity index (χ0) is 13.3. The second-order valence-corrected chi connectivity index (χ2v) is 7.53. The summed E-state index contributed by atoms with van der Waals surface area (Å²) < 4.78 is 28.9. The van der Waals surface area contributed by atoms with Gasteiger partial charge >= 0.3 is 0 Å². The Labute approximate surface area is 109 Å². The minimum Gasteiger partial charge on any atom is -0.466 e. The van der Waals surface area contributed by atoms with E-state index < -0.39 is 9.84 Å². The molecule has 102 valence electrons. The molecule has 1 aliphatic rings. The molecule has 1 aromatic rings. The topological polar surface area (TPSA) is 59.3 Å². The van der Waals surface area contributed by atoms with E-state index in [9.17, 15) is 8.42 Å². The molecular formula is C13H21NO3S. The van der Waals surface area contributed by atoms with Gasteiger partial charge in [0, 0.05) is 18.2 Å². The fourth-order valence-electron chi connectivity index (χ4n) is 2.59. The minimum absolute atomic E-state index is 0.123. The molecule has 0 radical (unpaired) electrons. The quantitative estimate of drug-likeness (QED) is 0.911. The summed E-state index contributed by atoms with van der Waals surface area (Å²) in [6.45, 7) is 6.43. The summed E-state index contributed by atoms with van der Waals surface area (Å²) in [5.74, 6) is 2.14. The number of nitrogens with one attached hydrogen (secondary N) is 1. The molecule has 1 fully saturated rings. The second-order valence-electron chi connectivity index (χ2n) is 5.13. The molecule has 0 amide bonds. The summed E-state index contributed by atoms with van der Waals surface area (Å²) in [6, 6.07) is 2.13. The van der Waals surface area contributed by atoms with E-state index in [0.717, 1.165) is 29.9 Å². The first kappa shape index (κ1) is 13.6. The number of rotatable bonds is 4.